The Morgan fingerprint density at radius 1 is 1.00 bits per heavy atom. The maximum absolute atomic E-state index is 11.9. The first-order valence-electron chi connectivity index (χ1n) is 8.02. The van der Waals surface area contributed by atoms with Crippen molar-refractivity contribution in [3.05, 3.63) is 36.0 Å². The first-order chi connectivity index (χ1) is 9.84. The largest absolute Gasteiger partial charge is 0.463 e. The van der Waals surface area contributed by atoms with E-state index in [1.165, 1.54) is 12.8 Å². The Balaban J connectivity index is 2.52. The van der Waals surface area contributed by atoms with Gasteiger partial charge in [0.25, 0.3) is 0 Å². The molecule has 2 heteroatoms. The van der Waals surface area contributed by atoms with E-state index in [9.17, 15) is 4.79 Å². The van der Waals surface area contributed by atoms with E-state index in [1.807, 2.05) is 6.92 Å². The van der Waals surface area contributed by atoms with Crippen LogP contribution in [0.15, 0.2) is 36.0 Å². The molecule has 0 amide bonds. The Kier molecular flexibility index (Phi) is 9.64. The molecule has 0 bridgehead atoms. The lowest BCUT2D eigenvalue weighted by Gasteiger charge is -2.07. The zero-order chi connectivity index (χ0) is 14.5. The average Bonchev–Trinajstić information content (AvgIpc) is 2.45. The normalized spacial score (nSPS) is 24.6. The van der Waals surface area contributed by atoms with Gasteiger partial charge in [0, 0.05) is 5.57 Å². The lowest BCUT2D eigenvalue weighted by atomic mass is 10.0. The van der Waals surface area contributed by atoms with Crippen molar-refractivity contribution in [1.29, 1.82) is 0 Å². The second kappa shape index (κ2) is 11.5. The van der Waals surface area contributed by atoms with Crippen LogP contribution < -0.4 is 0 Å². The summed E-state index contributed by atoms with van der Waals surface area (Å²) in [6, 6.07) is 0. The Morgan fingerprint density at radius 3 is 2.35 bits per heavy atom. The lowest BCUT2D eigenvalue weighted by Crippen LogP contribution is -2.08. The molecule has 112 valence electrons. The fourth-order valence-corrected chi connectivity index (χ4v) is 2.30. The number of allylic oxidation sites excluding steroid dienone is 5. The minimum absolute atomic E-state index is 0.117. The zero-order valence-corrected chi connectivity index (χ0v) is 12.8. The molecule has 0 aromatic heterocycles. The summed E-state index contributed by atoms with van der Waals surface area (Å²) < 4.78 is 5.14. The quantitative estimate of drug-likeness (QED) is 0.655. The number of carbonyl (C=O) groups is 1. The van der Waals surface area contributed by atoms with Crippen LogP contribution in [-0.4, -0.2) is 12.6 Å². The summed E-state index contributed by atoms with van der Waals surface area (Å²) in [6.07, 6.45) is 20.7. The highest BCUT2D eigenvalue weighted by Crippen LogP contribution is 2.14. The van der Waals surface area contributed by atoms with Gasteiger partial charge in [-0.2, -0.15) is 0 Å². The summed E-state index contributed by atoms with van der Waals surface area (Å²) in [5.41, 5.74) is 0.879. The maximum Gasteiger partial charge on any atom is 0.333 e. The number of hydrogen-bond acceptors (Lipinski definition) is 2. The minimum atomic E-state index is -0.117. The van der Waals surface area contributed by atoms with E-state index in [-0.39, 0.29) is 5.97 Å². The van der Waals surface area contributed by atoms with Crippen molar-refractivity contribution < 1.29 is 9.53 Å². The van der Waals surface area contributed by atoms with Gasteiger partial charge in [-0.15, -0.1) is 0 Å². The highest BCUT2D eigenvalue weighted by molar-refractivity contribution is 5.88. The second-order valence-corrected chi connectivity index (χ2v) is 5.19. The van der Waals surface area contributed by atoms with Crippen molar-refractivity contribution >= 4 is 5.97 Å². The molecule has 20 heavy (non-hydrogen) atoms. The minimum Gasteiger partial charge on any atom is -0.463 e. The molecule has 0 aliphatic heterocycles. The van der Waals surface area contributed by atoms with Gasteiger partial charge < -0.3 is 4.74 Å². The van der Waals surface area contributed by atoms with Crippen LogP contribution in [0, 0.1) is 0 Å². The number of esters is 1. The van der Waals surface area contributed by atoms with Crippen molar-refractivity contribution in [2.75, 3.05) is 6.61 Å². The molecule has 0 atom stereocenters. The van der Waals surface area contributed by atoms with Crippen LogP contribution in [-0.2, 0) is 9.53 Å². The summed E-state index contributed by atoms with van der Waals surface area (Å²) in [6.45, 7) is 2.33. The molecule has 0 aromatic carbocycles. The molecule has 0 spiro atoms. The van der Waals surface area contributed by atoms with E-state index < -0.39 is 0 Å². The Labute approximate surface area is 123 Å². The number of hydrogen-bond donors (Lipinski definition) is 0. The van der Waals surface area contributed by atoms with Crippen molar-refractivity contribution in [2.24, 2.45) is 0 Å². The van der Waals surface area contributed by atoms with Gasteiger partial charge in [-0.3, -0.25) is 0 Å². The second-order valence-electron chi connectivity index (χ2n) is 5.19. The molecular weight excluding hydrogens is 248 g/mol. The summed E-state index contributed by atoms with van der Waals surface area (Å²) in [7, 11) is 0. The standard InChI is InChI=1S/C18H28O2/c1-2-20-18(19)17-15-13-11-9-7-5-3-4-6-8-10-12-14-16-17/h3-5,7,16H,2,6,8-15H2,1H3/b4-3+,7-5-,17-16-. The van der Waals surface area contributed by atoms with E-state index in [4.69, 9.17) is 4.74 Å². The van der Waals surface area contributed by atoms with Gasteiger partial charge in [-0.05, 0) is 58.3 Å². The highest BCUT2D eigenvalue weighted by Gasteiger charge is 2.09. The molecule has 0 saturated heterocycles. The Morgan fingerprint density at radius 2 is 1.65 bits per heavy atom. The van der Waals surface area contributed by atoms with Crippen molar-refractivity contribution in [3.63, 3.8) is 0 Å². The van der Waals surface area contributed by atoms with Gasteiger partial charge >= 0.3 is 5.97 Å². The molecule has 0 unspecified atom stereocenters. The first kappa shape index (κ1) is 16.7. The van der Waals surface area contributed by atoms with Crippen LogP contribution >= 0.6 is 0 Å². The summed E-state index contributed by atoms with van der Waals surface area (Å²) >= 11 is 0. The van der Waals surface area contributed by atoms with Crippen LogP contribution in [0.5, 0.6) is 0 Å². The summed E-state index contributed by atoms with van der Waals surface area (Å²) in [5.74, 6) is -0.117. The molecule has 0 fully saturated rings. The van der Waals surface area contributed by atoms with E-state index >= 15 is 0 Å². The predicted molar refractivity (Wildman–Crippen MR) is 84.5 cm³/mol. The van der Waals surface area contributed by atoms with Crippen molar-refractivity contribution in [3.8, 4) is 0 Å². The number of rotatable bonds is 2. The number of carbonyl (C=O) groups excluding carboxylic acids is 1. The van der Waals surface area contributed by atoms with Gasteiger partial charge in [0.15, 0.2) is 0 Å². The summed E-state index contributed by atoms with van der Waals surface area (Å²) in [4.78, 5) is 11.9. The molecular formula is C18H28O2. The Hall–Kier alpha value is -1.31. The van der Waals surface area contributed by atoms with E-state index in [0.717, 1.165) is 50.5 Å². The smallest absolute Gasteiger partial charge is 0.333 e. The third-order valence-corrected chi connectivity index (χ3v) is 3.45. The number of ether oxygens (including phenoxy) is 1. The predicted octanol–water partition coefficient (Wildman–Crippen LogP) is 5.11. The van der Waals surface area contributed by atoms with Crippen LogP contribution in [0.3, 0.4) is 0 Å². The fourth-order valence-electron chi connectivity index (χ4n) is 2.30. The molecule has 0 aromatic rings. The molecule has 1 rings (SSSR count). The van der Waals surface area contributed by atoms with Gasteiger partial charge in [-0.25, -0.2) is 4.79 Å². The lowest BCUT2D eigenvalue weighted by molar-refractivity contribution is -0.138. The highest BCUT2D eigenvalue weighted by atomic mass is 16.5. The molecule has 0 heterocycles. The van der Waals surface area contributed by atoms with E-state index in [2.05, 4.69) is 30.4 Å². The van der Waals surface area contributed by atoms with Crippen LogP contribution in [0.4, 0.5) is 0 Å². The molecule has 1 aliphatic carbocycles. The first-order valence-corrected chi connectivity index (χ1v) is 8.02. The zero-order valence-electron chi connectivity index (χ0n) is 12.8. The molecule has 0 radical (unpaired) electrons. The molecule has 1 aliphatic rings. The van der Waals surface area contributed by atoms with Gasteiger partial charge in [-0.1, -0.05) is 36.8 Å². The van der Waals surface area contributed by atoms with E-state index in [1.54, 1.807) is 0 Å². The monoisotopic (exact) mass is 276 g/mol. The van der Waals surface area contributed by atoms with Crippen LogP contribution in [0.2, 0.25) is 0 Å². The SMILES string of the molecule is CCOC(=O)/C1=C\CCCCC/C=C/C=C\CCCC1. The average molecular weight is 276 g/mol. The molecule has 0 N–H and O–H groups in total. The molecule has 0 saturated carbocycles. The third-order valence-electron chi connectivity index (χ3n) is 3.45. The third kappa shape index (κ3) is 7.98. The topological polar surface area (TPSA) is 26.3 Å². The fraction of sp³-hybridized carbons (Fsp3) is 0.611. The van der Waals surface area contributed by atoms with Crippen molar-refractivity contribution in [1.82, 2.24) is 0 Å². The van der Waals surface area contributed by atoms with Gasteiger partial charge in [0.2, 0.25) is 0 Å². The summed E-state index contributed by atoms with van der Waals surface area (Å²) in [5, 5.41) is 0. The molecule has 2 nitrogen and oxygen atoms in total. The van der Waals surface area contributed by atoms with Gasteiger partial charge in [0.1, 0.15) is 0 Å². The van der Waals surface area contributed by atoms with E-state index in [0.29, 0.717) is 6.61 Å². The van der Waals surface area contributed by atoms with Crippen LogP contribution in [0.1, 0.15) is 64.7 Å². The van der Waals surface area contributed by atoms with Crippen molar-refractivity contribution in [2.45, 2.75) is 64.7 Å². The van der Waals surface area contributed by atoms with Gasteiger partial charge in [0.05, 0.1) is 6.61 Å². The maximum atomic E-state index is 11.9. The Bertz CT molecular complexity index is 350. The van der Waals surface area contributed by atoms with Crippen LogP contribution in [0.25, 0.3) is 0 Å².